The predicted octanol–water partition coefficient (Wildman–Crippen LogP) is 2.13. The molecule has 0 bridgehead atoms. The Hall–Kier alpha value is -1.16. The van der Waals surface area contributed by atoms with Crippen LogP contribution in [0.15, 0.2) is 12.4 Å². The highest BCUT2D eigenvalue weighted by Crippen LogP contribution is 2.17. The van der Waals surface area contributed by atoms with Crippen LogP contribution in [0.2, 0.25) is 0 Å². The fraction of sp³-hybridized carbons (Fsp3) is 0.714. The Morgan fingerprint density at radius 3 is 1.94 bits per heavy atom. The van der Waals surface area contributed by atoms with Crippen LogP contribution < -0.4 is 4.90 Å². The Labute approximate surface area is 110 Å². The third-order valence-electron chi connectivity index (χ3n) is 3.58. The van der Waals surface area contributed by atoms with Crippen molar-refractivity contribution in [3.05, 3.63) is 18.2 Å². The summed E-state index contributed by atoms with van der Waals surface area (Å²) in [6.07, 6.45) is 3.93. The highest BCUT2D eigenvalue weighted by molar-refractivity contribution is 5.42. The highest BCUT2D eigenvalue weighted by Gasteiger charge is 2.19. The van der Waals surface area contributed by atoms with Gasteiger partial charge in [0.1, 0.15) is 5.82 Å². The largest absolute Gasteiger partial charge is 0.366 e. The van der Waals surface area contributed by atoms with Gasteiger partial charge in [-0.05, 0) is 13.8 Å². The quantitative estimate of drug-likeness (QED) is 0.820. The van der Waals surface area contributed by atoms with E-state index >= 15 is 0 Å². The zero-order valence-corrected chi connectivity index (χ0v) is 11.9. The van der Waals surface area contributed by atoms with Crippen LogP contribution in [-0.2, 0) is 0 Å². The zero-order valence-electron chi connectivity index (χ0n) is 11.9. The van der Waals surface area contributed by atoms with E-state index in [-0.39, 0.29) is 0 Å². The van der Waals surface area contributed by atoms with Gasteiger partial charge in [0, 0.05) is 38.1 Å². The van der Waals surface area contributed by atoms with Crippen molar-refractivity contribution in [1.29, 1.82) is 0 Å². The molecule has 2 heterocycles. The van der Waals surface area contributed by atoms with Gasteiger partial charge in [-0.1, -0.05) is 13.8 Å². The van der Waals surface area contributed by atoms with Crippen LogP contribution in [0, 0.1) is 0 Å². The summed E-state index contributed by atoms with van der Waals surface area (Å²) in [5.74, 6) is 1.33. The van der Waals surface area contributed by atoms with Gasteiger partial charge in [-0.2, -0.15) is 0 Å². The Kier molecular flexibility index (Phi) is 4.17. The first kappa shape index (κ1) is 13.3. The maximum Gasteiger partial charge on any atom is 0.130 e. The Balaban J connectivity index is 1.97. The number of piperazine rings is 1. The minimum Gasteiger partial charge on any atom is -0.366 e. The van der Waals surface area contributed by atoms with Crippen molar-refractivity contribution in [3.8, 4) is 0 Å². The van der Waals surface area contributed by atoms with Crippen LogP contribution >= 0.6 is 0 Å². The van der Waals surface area contributed by atoms with Gasteiger partial charge in [0.25, 0.3) is 0 Å². The maximum absolute atomic E-state index is 4.44. The first-order valence-electron chi connectivity index (χ1n) is 6.89. The molecule has 1 aliphatic rings. The topological polar surface area (TPSA) is 32.3 Å². The normalized spacial score (nSPS) is 17.8. The number of hydrogen-bond donors (Lipinski definition) is 0. The Morgan fingerprint density at radius 2 is 1.50 bits per heavy atom. The molecule has 0 unspecified atom stereocenters. The van der Waals surface area contributed by atoms with Crippen molar-refractivity contribution >= 4 is 5.69 Å². The molecule has 2 rings (SSSR count). The van der Waals surface area contributed by atoms with E-state index in [0.717, 1.165) is 37.7 Å². The number of hydrogen-bond acceptors (Lipinski definition) is 4. The highest BCUT2D eigenvalue weighted by atomic mass is 15.3. The van der Waals surface area contributed by atoms with Gasteiger partial charge in [-0.25, -0.2) is 9.97 Å². The minimum absolute atomic E-state index is 0.400. The molecule has 0 saturated carbocycles. The summed E-state index contributed by atoms with van der Waals surface area (Å²) in [5, 5.41) is 0. The number of rotatable bonds is 3. The number of nitrogens with zero attached hydrogens (tertiary/aromatic N) is 4. The molecule has 18 heavy (non-hydrogen) atoms. The van der Waals surface area contributed by atoms with Crippen molar-refractivity contribution in [2.45, 2.75) is 39.7 Å². The van der Waals surface area contributed by atoms with E-state index in [9.17, 15) is 0 Å². The van der Waals surface area contributed by atoms with Crippen LogP contribution in [0.4, 0.5) is 5.69 Å². The zero-order chi connectivity index (χ0) is 13.1. The molecule has 0 N–H and O–H groups in total. The molecule has 0 aliphatic carbocycles. The fourth-order valence-electron chi connectivity index (χ4n) is 2.29. The lowest BCUT2D eigenvalue weighted by molar-refractivity contribution is 0.209. The van der Waals surface area contributed by atoms with Gasteiger partial charge < -0.3 is 4.90 Å². The standard InChI is InChI=1S/C14H24N4/c1-11(2)14-15-9-13(10-16-14)18-7-5-17(6-8-18)12(3)4/h9-12H,5-8H2,1-4H3. The maximum atomic E-state index is 4.44. The van der Waals surface area contributed by atoms with Crippen molar-refractivity contribution in [1.82, 2.24) is 14.9 Å². The van der Waals surface area contributed by atoms with Gasteiger partial charge in [0.05, 0.1) is 18.1 Å². The third kappa shape index (κ3) is 2.99. The first-order valence-corrected chi connectivity index (χ1v) is 6.89. The van der Waals surface area contributed by atoms with E-state index in [4.69, 9.17) is 0 Å². The summed E-state index contributed by atoms with van der Waals surface area (Å²) in [7, 11) is 0. The first-order chi connectivity index (χ1) is 8.58. The van der Waals surface area contributed by atoms with Crippen LogP contribution in [-0.4, -0.2) is 47.1 Å². The van der Waals surface area contributed by atoms with E-state index in [1.54, 1.807) is 0 Å². The molecule has 1 fully saturated rings. The summed E-state index contributed by atoms with van der Waals surface area (Å²) >= 11 is 0. The molecule has 0 spiro atoms. The molecule has 1 aliphatic heterocycles. The van der Waals surface area contributed by atoms with E-state index in [0.29, 0.717) is 12.0 Å². The minimum atomic E-state index is 0.400. The molecular weight excluding hydrogens is 224 g/mol. The van der Waals surface area contributed by atoms with Gasteiger partial charge in [0.15, 0.2) is 0 Å². The summed E-state index contributed by atoms with van der Waals surface area (Å²) in [4.78, 5) is 13.8. The lowest BCUT2D eigenvalue weighted by Crippen LogP contribution is -2.49. The second-order valence-electron chi connectivity index (χ2n) is 5.57. The van der Waals surface area contributed by atoms with Crippen LogP contribution in [0.1, 0.15) is 39.4 Å². The lowest BCUT2D eigenvalue weighted by atomic mass is 10.2. The van der Waals surface area contributed by atoms with Crippen LogP contribution in [0.5, 0.6) is 0 Å². The second kappa shape index (κ2) is 5.65. The summed E-state index contributed by atoms with van der Waals surface area (Å²) in [6.45, 7) is 13.2. The molecular formula is C14H24N4. The number of anilines is 1. The van der Waals surface area contributed by atoms with Crippen molar-refractivity contribution < 1.29 is 0 Å². The van der Waals surface area contributed by atoms with Crippen molar-refractivity contribution in [2.75, 3.05) is 31.1 Å². The average molecular weight is 248 g/mol. The Morgan fingerprint density at radius 1 is 0.944 bits per heavy atom. The monoisotopic (exact) mass is 248 g/mol. The van der Waals surface area contributed by atoms with Gasteiger partial charge in [0.2, 0.25) is 0 Å². The smallest absolute Gasteiger partial charge is 0.130 e. The van der Waals surface area contributed by atoms with Crippen LogP contribution in [0.3, 0.4) is 0 Å². The predicted molar refractivity (Wildman–Crippen MR) is 75.0 cm³/mol. The molecule has 0 atom stereocenters. The Bertz CT molecular complexity index is 364. The molecule has 0 aromatic carbocycles. The lowest BCUT2D eigenvalue weighted by Gasteiger charge is -2.37. The summed E-state index contributed by atoms with van der Waals surface area (Å²) < 4.78 is 0. The summed E-state index contributed by atoms with van der Waals surface area (Å²) in [6, 6.07) is 0.645. The number of aromatic nitrogens is 2. The average Bonchev–Trinajstić information content (AvgIpc) is 2.39. The van der Waals surface area contributed by atoms with E-state index < -0.39 is 0 Å². The van der Waals surface area contributed by atoms with Crippen molar-refractivity contribution in [2.24, 2.45) is 0 Å². The molecule has 1 saturated heterocycles. The molecule has 1 aromatic heterocycles. The molecule has 1 aromatic rings. The summed E-state index contributed by atoms with van der Waals surface area (Å²) in [5.41, 5.74) is 1.16. The molecule has 4 heteroatoms. The van der Waals surface area contributed by atoms with Gasteiger partial charge in [-0.15, -0.1) is 0 Å². The van der Waals surface area contributed by atoms with Gasteiger partial charge >= 0.3 is 0 Å². The SMILES string of the molecule is CC(C)c1ncc(N2CCN(C(C)C)CC2)cn1. The molecule has 0 amide bonds. The molecule has 100 valence electrons. The third-order valence-corrected chi connectivity index (χ3v) is 3.58. The van der Waals surface area contributed by atoms with E-state index in [1.165, 1.54) is 0 Å². The molecule has 0 radical (unpaired) electrons. The van der Waals surface area contributed by atoms with E-state index in [2.05, 4.69) is 47.5 Å². The van der Waals surface area contributed by atoms with Crippen LogP contribution in [0.25, 0.3) is 0 Å². The van der Waals surface area contributed by atoms with Gasteiger partial charge in [-0.3, -0.25) is 4.90 Å². The fourth-order valence-corrected chi connectivity index (χ4v) is 2.29. The van der Waals surface area contributed by atoms with E-state index in [1.807, 2.05) is 12.4 Å². The van der Waals surface area contributed by atoms with Crippen molar-refractivity contribution in [3.63, 3.8) is 0 Å². The second-order valence-corrected chi connectivity index (χ2v) is 5.57. The molecule has 4 nitrogen and oxygen atoms in total.